The van der Waals surface area contributed by atoms with Crippen LogP contribution in [0.3, 0.4) is 0 Å². The molecule has 1 aromatic carbocycles. The molecule has 0 aliphatic rings. The third kappa shape index (κ3) is 6.28. The topological polar surface area (TPSA) is 50.4 Å². The van der Waals surface area contributed by atoms with E-state index in [4.69, 9.17) is 0 Å². The number of rotatable bonds is 6. The average molecular weight is 290 g/mol. The number of ether oxygens (including phenoxy) is 1. The molecule has 2 N–H and O–H groups in total. The average Bonchev–Trinajstić information content (AvgIpc) is 2.31. The quantitative estimate of drug-likeness (QED) is 0.846. The van der Waals surface area contributed by atoms with E-state index in [0.29, 0.717) is 5.69 Å². The number of anilines is 1. The number of urea groups is 1. The van der Waals surface area contributed by atoms with Crippen molar-refractivity contribution in [2.75, 3.05) is 17.3 Å². The zero-order valence-electron chi connectivity index (χ0n) is 10.7. The van der Waals surface area contributed by atoms with Crippen LogP contribution in [0.4, 0.5) is 19.3 Å². The Kier molecular flexibility index (Phi) is 6.41. The zero-order chi connectivity index (χ0) is 14.3. The van der Waals surface area contributed by atoms with Crippen molar-refractivity contribution < 1.29 is 18.3 Å². The number of alkyl halides is 2. The molecule has 106 valence electrons. The molecule has 0 saturated heterocycles. The Balaban J connectivity index is 2.46. The second-order valence-electron chi connectivity index (χ2n) is 3.86. The summed E-state index contributed by atoms with van der Waals surface area (Å²) in [7, 11) is 0. The monoisotopic (exact) mass is 290 g/mol. The highest BCUT2D eigenvalue weighted by Crippen LogP contribution is 2.17. The fraction of sp³-hybridized carbons (Fsp3) is 0.417. The van der Waals surface area contributed by atoms with Gasteiger partial charge in [-0.3, -0.25) is 0 Å². The molecular formula is C12H16F2N2O2S. The third-order valence-electron chi connectivity index (χ3n) is 2.13. The lowest BCUT2D eigenvalue weighted by Crippen LogP contribution is -2.37. The van der Waals surface area contributed by atoms with Crippen molar-refractivity contribution in [1.82, 2.24) is 5.32 Å². The van der Waals surface area contributed by atoms with E-state index in [1.54, 1.807) is 11.8 Å². The fourth-order valence-corrected chi connectivity index (χ4v) is 1.99. The Morgan fingerprint density at radius 3 is 2.53 bits per heavy atom. The van der Waals surface area contributed by atoms with Gasteiger partial charge >= 0.3 is 12.6 Å². The first-order valence-corrected chi connectivity index (χ1v) is 7.02. The number of halogens is 2. The van der Waals surface area contributed by atoms with E-state index < -0.39 is 6.61 Å². The molecule has 0 bridgehead atoms. The molecule has 0 saturated carbocycles. The third-order valence-corrected chi connectivity index (χ3v) is 2.96. The first kappa shape index (κ1) is 15.6. The standard InChI is InChI=1S/C12H16F2N2O2S/c1-8(7-19-2)15-12(17)16-9-3-5-10(6-4-9)18-11(13)14/h3-6,8,11H,7H2,1-2H3,(H2,15,16,17)/t8-/m0/s1. The van der Waals surface area contributed by atoms with Gasteiger partial charge in [0.25, 0.3) is 0 Å². The predicted octanol–water partition coefficient (Wildman–Crippen LogP) is 3.16. The van der Waals surface area contributed by atoms with Crippen LogP contribution in [0.5, 0.6) is 5.75 Å². The Morgan fingerprint density at radius 1 is 1.37 bits per heavy atom. The minimum absolute atomic E-state index is 0.0523. The summed E-state index contributed by atoms with van der Waals surface area (Å²) >= 11 is 1.64. The Hall–Kier alpha value is -1.50. The fourth-order valence-electron chi connectivity index (χ4n) is 1.40. The Labute approximate surface area is 114 Å². The predicted molar refractivity (Wildman–Crippen MR) is 73.1 cm³/mol. The van der Waals surface area contributed by atoms with Gasteiger partial charge in [-0.05, 0) is 37.4 Å². The van der Waals surface area contributed by atoms with Crippen molar-refractivity contribution in [2.45, 2.75) is 19.6 Å². The molecule has 0 fully saturated rings. The van der Waals surface area contributed by atoms with Gasteiger partial charge in [-0.1, -0.05) is 0 Å². The minimum atomic E-state index is -2.85. The number of hydrogen-bond acceptors (Lipinski definition) is 3. The number of nitrogens with one attached hydrogen (secondary N) is 2. The van der Waals surface area contributed by atoms with Crippen LogP contribution in [0.25, 0.3) is 0 Å². The van der Waals surface area contributed by atoms with E-state index in [0.717, 1.165) is 5.75 Å². The van der Waals surface area contributed by atoms with Gasteiger partial charge in [0.1, 0.15) is 5.75 Å². The van der Waals surface area contributed by atoms with E-state index in [1.165, 1.54) is 24.3 Å². The lowest BCUT2D eigenvalue weighted by Gasteiger charge is -2.13. The van der Waals surface area contributed by atoms with Crippen molar-refractivity contribution in [3.8, 4) is 5.75 Å². The maximum absolute atomic E-state index is 11.9. The minimum Gasteiger partial charge on any atom is -0.435 e. The highest BCUT2D eigenvalue weighted by atomic mass is 32.2. The molecule has 2 amide bonds. The summed E-state index contributed by atoms with van der Waals surface area (Å²) in [6, 6.07) is 5.45. The SMILES string of the molecule is CSC[C@H](C)NC(=O)Nc1ccc(OC(F)F)cc1. The maximum atomic E-state index is 11.9. The van der Waals surface area contributed by atoms with Crippen LogP contribution in [-0.2, 0) is 0 Å². The normalized spacial score (nSPS) is 12.1. The molecule has 4 nitrogen and oxygen atoms in total. The van der Waals surface area contributed by atoms with Crippen LogP contribution in [0, 0.1) is 0 Å². The van der Waals surface area contributed by atoms with Crippen LogP contribution >= 0.6 is 11.8 Å². The van der Waals surface area contributed by atoms with Crippen LogP contribution in [0.2, 0.25) is 0 Å². The number of hydrogen-bond donors (Lipinski definition) is 2. The van der Waals surface area contributed by atoms with Crippen LogP contribution in [-0.4, -0.2) is 30.7 Å². The number of carbonyl (C=O) groups excluding carboxylic acids is 1. The van der Waals surface area contributed by atoms with Gasteiger partial charge in [0.05, 0.1) is 0 Å². The van der Waals surface area contributed by atoms with Gasteiger partial charge in [0, 0.05) is 17.5 Å². The van der Waals surface area contributed by atoms with Gasteiger partial charge in [-0.2, -0.15) is 20.5 Å². The molecular weight excluding hydrogens is 274 g/mol. The summed E-state index contributed by atoms with van der Waals surface area (Å²) in [5.41, 5.74) is 0.510. The van der Waals surface area contributed by atoms with E-state index in [9.17, 15) is 13.6 Å². The first-order valence-electron chi connectivity index (χ1n) is 5.62. The lowest BCUT2D eigenvalue weighted by atomic mass is 10.3. The first-order chi connectivity index (χ1) is 9.01. The molecule has 0 unspecified atom stereocenters. The van der Waals surface area contributed by atoms with Crippen LogP contribution in [0.15, 0.2) is 24.3 Å². The Bertz CT molecular complexity index is 401. The van der Waals surface area contributed by atoms with Gasteiger partial charge in [0.15, 0.2) is 0 Å². The molecule has 1 atom stereocenters. The maximum Gasteiger partial charge on any atom is 0.387 e. The summed E-state index contributed by atoms with van der Waals surface area (Å²) in [5, 5.41) is 5.36. The molecule has 1 rings (SSSR count). The molecule has 0 spiro atoms. The smallest absolute Gasteiger partial charge is 0.387 e. The van der Waals surface area contributed by atoms with Crippen LogP contribution in [0.1, 0.15) is 6.92 Å². The molecule has 0 heterocycles. The number of amides is 2. The van der Waals surface area contributed by atoms with E-state index in [2.05, 4.69) is 15.4 Å². The summed E-state index contributed by atoms with van der Waals surface area (Å²) < 4.78 is 28.1. The summed E-state index contributed by atoms with van der Waals surface area (Å²) in [4.78, 5) is 11.6. The van der Waals surface area contributed by atoms with Crippen molar-refractivity contribution in [2.24, 2.45) is 0 Å². The molecule has 0 radical (unpaired) electrons. The van der Waals surface area contributed by atoms with Gasteiger partial charge in [-0.15, -0.1) is 0 Å². The second-order valence-corrected chi connectivity index (χ2v) is 4.77. The summed E-state index contributed by atoms with van der Waals surface area (Å²) in [5.74, 6) is 0.867. The highest BCUT2D eigenvalue weighted by Gasteiger charge is 2.07. The number of thioether (sulfide) groups is 1. The van der Waals surface area contributed by atoms with Crippen molar-refractivity contribution >= 4 is 23.5 Å². The molecule has 0 aliphatic heterocycles. The van der Waals surface area contributed by atoms with Gasteiger partial charge < -0.3 is 15.4 Å². The van der Waals surface area contributed by atoms with Crippen molar-refractivity contribution in [1.29, 1.82) is 0 Å². The largest absolute Gasteiger partial charge is 0.435 e. The van der Waals surface area contributed by atoms with E-state index in [1.807, 2.05) is 13.2 Å². The van der Waals surface area contributed by atoms with Gasteiger partial charge in [-0.25, -0.2) is 4.79 Å². The highest BCUT2D eigenvalue weighted by molar-refractivity contribution is 7.98. The van der Waals surface area contributed by atoms with E-state index >= 15 is 0 Å². The number of benzene rings is 1. The molecule has 1 aromatic rings. The Morgan fingerprint density at radius 2 is 2.00 bits per heavy atom. The van der Waals surface area contributed by atoms with Crippen LogP contribution < -0.4 is 15.4 Å². The van der Waals surface area contributed by atoms with E-state index in [-0.39, 0.29) is 17.8 Å². The molecule has 0 aliphatic carbocycles. The molecule has 0 aromatic heterocycles. The zero-order valence-corrected chi connectivity index (χ0v) is 11.5. The molecule has 7 heteroatoms. The summed E-state index contributed by atoms with van der Waals surface area (Å²) in [6.07, 6.45) is 1.96. The summed E-state index contributed by atoms with van der Waals surface area (Å²) in [6.45, 7) is -0.954. The lowest BCUT2D eigenvalue weighted by molar-refractivity contribution is -0.0498. The van der Waals surface area contributed by atoms with Crippen molar-refractivity contribution in [3.05, 3.63) is 24.3 Å². The molecule has 19 heavy (non-hydrogen) atoms. The second kappa shape index (κ2) is 7.83. The number of carbonyl (C=O) groups is 1. The van der Waals surface area contributed by atoms with Crippen molar-refractivity contribution in [3.63, 3.8) is 0 Å². The van der Waals surface area contributed by atoms with Gasteiger partial charge in [0.2, 0.25) is 0 Å².